The summed E-state index contributed by atoms with van der Waals surface area (Å²) in [6.07, 6.45) is 3.90. The number of carbonyl (C=O) groups excluding carboxylic acids is 1. The Morgan fingerprint density at radius 2 is 1.91 bits per heavy atom. The summed E-state index contributed by atoms with van der Waals surface area (Å²) in [6, 6.07) is 9.58. The van der Waals surface area contributed by atoms with E-state index in [9.17, 15) is 4.79 Å². The lowest BCUT2D eigenvalue weighted by Gasteiger charge is -2.35. The molecule has 0 aliphatic carbocycles. The number of hydrogen-bond acceptors (Lipinski definition) is 3. The Balaban J connectivity index is 2.44. The molecule has 0 aromatic heterocycles. The number of methoxy groups -OCH3 is 1. The van der Waals surface area contributed by atoms with Crippen molar-refractivity contribution < 1.29 is 9.53 Å². The third kappa shape index (κ3) is 4.20. The third-order valence-electron chi connectivity index (χ3n) is 3.54. The Morgan fingerprint density at radius 3 is 2.48 bits per heavy atom. The molecule has 1 aliphatic heterocycles. The molecule has 1 aliphatic rings. The van der Waals surface area contributed by atoms with Crippen LogP contribution in [-0.4, -0.2) is 24.2 Å². The maximum Gasteiger partial charge on any atom is 0.337 e. The fourth-order valence-corrected chi connectivity index (χ4v) is 2.66. The van der Waals surface area contributed by atoms with E-state index in [1.54, 1.807) is 0 Å². The molecule has 1 aromatic rings. The molecule has 1 heterocycles. The average Bonchev–Trinajstić information content (AvgIpc) is 2.51. The molecule has 0 spiro atoms. The van der Waals surface area contributed by atoms with Crippen molar-refractivity contribution in [2.45, 2.75) is 26.8 Å². The first-order chi connectivity index (χ1) is 10.8. The molecule has 0 bridgehead atoms. The van der Waals surface area contributed by atoms with Gasteiger partial charge >= 0.3 is 5.97 Å². The predicted molar refractivity (Wildman–Crippen MR) is 96.6 cm³/mol. The van der Waals surface area contributed by atoms with Gasteiger partial charge < -0.3 is 15.4 Å². The minimum atomic E-state index is -0.361. The maximum absolute atomic E-state index is 12.3. The number of hydrogen-bond donors (Lipinski definition) is 2. The van der Waals surface area contributed by atoms with Crippen LogP contribution in [0.3, 0.4) is 0 Å². The van der Waals surface area contributed by atoms with Crippen molar-refractivity contribution in [3.8, 4) is 0 Å². The minimum absolute atomic E-state index is 0.255. The molecular formula is C18H22N2O2S. The fraction of sp³-hybridized carbons (Fsp3) is 0.333. The largest absolute Gasteiger partial charge is 0.466 e. The van der Waals surface area contributed by atoms with E-state index in [0.29, 0.717) is 10.7 Å². The van der Waals surface area contributed by atoms with Gasteiger partial charge in [0.25, 0.3) is 0 Å². The molecule has 23 heavy (non-hydrogen) atoms. The van der Waals surface area contributed by atoms with Gasteiger partial charge in [0.05, 0.1) is 18.7 Å². The topological polar surface area (TPSA) is 50.4 Å². The van der Waals surface area contributed by atoms with Gasteiger partial charge in [0.15, 0.2) is 5.11 Å². The van der Waals surface area contributed by atoms with Gasteiger partial charge in [0.2, 0.25) is 0 Å². The van der Waals surface area contributed by atoms with Gasteiger partial charge in [-0.25, -0.2) is 4.79 Å². The van der Waals surface area contributed by atoms with Crippen molar-refractivity contribution in [3.63, 3.8) is 0 Å². The average molecular weight is 330 g/mol. The van der Waals surface area contributed by atoms with Gasteiger partial charge in [-0.15, -0.1) is 0 Å². The molecule has 2 rings (SSSR count). The Hall–Kier alpha value is -2.14. The molecule has 0 amide bonds. The monoisotopic (exact) mass is 330 g/mol. The number of allylic oxidation sites excluding steroid dienone is 1. The van der Waals surface area contributed by atoms with E-state index in [4.69, 9.17) is 17.0 Å². The molecule has 0 radical (unpaired) electrons. The van der Waals surface area contributed by atoms with Crippen LogP contribution < -0.4 is 10.6 Å². The highest BCUT2D eigenvalue weighted by molar-refractivity contribution is 7.80. The molecule has 0 fully saturated rings. The molecule has 1 unspecified atom stereocenters. The van der Waals surface area contributed by atoms with Crippen LogP contribution in [0.15, 0.2) is 47.7 Å². The Bertz CT molecular complexity index is 657. The van der Waals surface area contributed by atoms with Crippen molar-refractivity contribution in [2.75, 3.05) is 7.11 Å². The van der Waals surface area contributed by atoms with Crippen LogP contribution in [0.4, 0.5) is 0 Å². The summed E-state index contributed by atoms with van der Waals surface area (Å²) < 4.78 is 4.98. The molecule has 0 saturated carbocycles. The minimum Gasteiger partial charge on any atom is -0.466 e. The van der Waals surface area contributed by atoms with Gasteiger partial charge in [-0.05, 0) is 17.8 Å². The molecule has 122 valence electrons. The SMILES string of the molecule is COC(=O)C1=C(C(C)(C)C)NC(=S)NC1/C=C/c1ccccc1. The highest BCUT2D eigenvalue weighted by atomic mass is 32.1. The Labute approximate surface area is 142 Å². The first-order valence-electron chi connectivity index (χ1n) is 7.46. The first kappa shape index (κ1) is 17.2. The number of carbonyl (C=O) groups is 1. The van der Waals surface area contributed by atoms with Crippen LogP contribution in [0.25, 0.3) is 6.08 Å². The molecule has 0 saturated heterocycles. The third-order valence-corrected chi connectivity index (χ3v) is 3.76. The number of rotatable bonds is 3. The first-order valence-corrected chi connectivity index (χ1v) is 7.87. The molecule has 1 aromatic carbocycles. The van der Waals surface area contributed by atoms with Crippen molar-refractivity contribution in [3.05, 3.63) is 53.2 Å². The number of ether oxygens (including phenoxy) is 1. The second-order valence-electron chi connectivity index (χ2n) is 6.38. The summed E-state index contributed by atoms with van der Waals surface area (Å²) in [6.45, 7) is 6.10. The lowest BCUT2D eigenvalue weighted by molar-refractivity contribution is -0.136. The molecule has 5 heteroatoms. The smallest absolute Gasteiger partial charge is 0.337 e. The second kappa shape index (κ2) is 6.96. The standard InChI is InChI=1S/C18H22N2O2S/c1-18(2,3)15-14(16(21)22-4)13(19-17(23)20-15)11-10-12-8-6-5-7-9-12/h5-11,13H,1-4H3,(H2,19,20,23)/b11-10+. The predicted octanol–water partition coefficient (Wildman–Crippen LogP) is 3.02. The van der Waals surface area contributed by atoms with E-state index in [0.717, 1.165) is 11.3 Å². The fourth-order valence-electron chi connectivity index (χ4n) is 2.43. The summed E-state index contributed by atoms with van der Waals surface area (Å²) in [5, 5.41) is 6.75. The number of benzene rings is 1. The molecule has 2 N–H and O–H groups in total. The Kier molecular flexibility index (Phi) is 5.21. The van der Waals surface area contributed by atoms with E-state index in [2.05, 4.69) is 10.6 Å². The van der Waals surface area contributed by atoms with Gasteiger partial charge in [-0.1, -0.05) is 63.3 Å². The second-order valence-corrected chi connectivity index (χ2v) is 6.78. The number of esters is 1. The summed E-state index contributed by atoms with van der Waals surface area (Å²) in [7, 11) is 1.39. The van der Waals surface area contributed by atoms with Crippen LogP contribution >= 0.6 is 12.2 Å². The number of thiocarbonyl (C=S) groups is 1. The summed E-state index contributed by atoms with van der Waals surface area (Å²) in [4.78, 5) is 12.3. The van der Waals surface area contributed by atoms with Gasteiger partial charge in [-0.2, -0.15) is 0 Å². The zero-order chi connectivity index (χ0) is 17.0. The molecule has 4 nitrogen and oxygen atoms in total. The van der Waals surface area contributed by atoms with E-state index in [1.165, 1.54) is 7.11 Å². The van der Waals surface area contributed by atoms with Crippen LogP contribution in [0.1, 0.15) is 26.3 Å². The molecular weight excluding hydrogens is 308 g/mol. The quantitative estimate of drug-likeness (QED) is 0.659. The van der Waals surface area contributed by atoms with Crippen LogP contribution in [0, 0.1) is 5.41 Å². The normalized spacial score (nSPS) is 18.6. The van der Waals surface area contributed by atoms with E-state index < -0.39 is 0 Å². The van der Waals surface area contributed by atoms with Gasteiger partial charge in [-0.3, -0.25) is 0 Å². The van der Waals surface area contributed by atoms with Crippen LogP contribution in [0.2, 0.25) is 0 Å². The van der Waals surface area contributed by atoms with E-state index in [1.807, 2.05) is 63.3 Å². The highest BCUT2D eigenvalue weighted by Gasteiger charge is 2.34. The van der Waals surface area contributed by atoms with Crippen molar-refractivity contribution >= 4 is 29.4 Å². The van der Waals surface area contributed by atoms with Gasteiger partial charge in [0.1, 0.15) is 0 Å². The summed E-state index contributed by atoms with van der Waals surface area (Å²) in [5.74, 6) is -0.361. The summed E-state index contributed by atoms with van der Waals surface area (Å²) in [5.41, 5.74) is 2.14. The van der Waals surface area contributed by atoms with Crippen molar-refractivity contribution in [1.29, 1.82) is 0 Å². The number of nitrogens with one attached hydrogen (secondary N) is 2. The summed E-state index contributed by atoms with van der Waals surface area (Å²) >= 11 is 5.29. The van der Waals surface area contributed by atoms with E-state index in [-0.39, 0.29) is 17.4 Å². The highest BCUT2D eigenvalue weighted by Crippen LogP contribution is 2.30. The van der Waals surface area contributed by atoms with E-state index >= 15 is 0 Å². The lowest BCUT2D eigenvalue weighted by atomic mass is 9.85. The van der Waals surface area contributed by atoms with Crippen LogP contribution in [-0.2, 0) is 9.53 Å². The zero-order valence-electron chi connectivity index (χ0n) is 13.8. The lowest BCUT2D eigenvalue weighted by Crippen LogP contribution is -2.51. The maximum atomic E-state index is 12.3. The Morgan fingerprint density at radius 1 is 1.26 bits per heavy atom. The van der Waals surface area contributed by atoms with Gasteiger partial charge in [0, 0.05) is 11.1 Å². The zero-order valence-corrected chi connectivity index (χ0v) is 14.7. The molecule has 1 atom stereocenters. The van der Waals surface area contributed by atoms with Crippen molar-refractivity contribution in [2.24, 2.45) is 5.41 Å². The van der Waals surface area contributed by atoms with Crippen LogP contribution in [0.5, 0.6) is 0 Å². The van der Waals surface area contributed by atoms with Crippen molar-refractivity contribution in [1.82, 2.24) is 10.6 Å².